The van der Waals surface area contributed by atoms with Crippen molar-refractivity contribution < 1.29 is 31.2 Å². The van der Waals surface area contributed by atoms with Crippen molar-refractivity contribution in [1.82, 2.24) is 10.2 Å². The molecule has 0 aliphatic carbocycles. The molecule has 0 aliphatic heterocycles. The van der Waals surface area contributed by atoms with Gasteiger partial charge in [-0.15, -0.1) is 0 Å². The molecule has 1 unspecified atom stereocenters. The number of rotatable bonds is 9. The molecule has 1 atom stereocenters. The van der Waals surface area contributed by atoms with Crippen LogP contribution in [-0.2, 0) is 26.2 Å². The van der Waals surface area contributed by atoms with Gasteiger partial charge < -0.3 is 10.2 Å². The Morgan fingerprint density at radius 3 is 2.15 bits per heavy atom. The highest BCUT2D eigenvalue weighted by atomic mass is 32.2. The Balaban J connectivity index is 2.43. The lowest BCUT2D eigenvalue weighted by Gasteiger charge is -2.32. The Morgan fingerprint density at radius 2 is 1.61 bits per heavy atom. The molecule has 2 aromatic rings. The van der Waals surface area contributed by atoms with Crippen molar-refractivity contribution in [3.8, 4) is 0 Å². The topological polar surface area (TPSA) is 86.8 Å². The summed E-state index contributed by atoms with van der Waals surface area (Å²) < 4.78 is 66.6. The second-order valence-electron chi connectivity index (χ2n) is 7.82. The molecule has 33 heavy (non-hydrogen) atoms. The van der Waals surface area contributed by atoms with Gasteiger partial charge in [-0.3, -0.25) is 13.9 Å². The number of halogens is 3. The standard InChI is InChI=1S/C22H26F3N3O4S/c1-14(2)26-22(30)15(3)27(12-16-7-5-6-8-18(16)23)21(29)13-28(33(4,31)32)17-9-10-19(24)20(25)11-17/h5-11,14-15H,12-13H2,1-4H3,(H,26,30). The van der Waals surface area contributed by atoms with Gasteiger partial charge >= 0.3 is 0 Å². The zero-order valence-electron chi connectivity index (χ0n) is 18.7. The SMILES string of the molecule is CC(C)NC(=O)C(C)N(Cc1ccccc1F)C(=O)CN(c1ccc(F)c(F)c1)S(C)(=O)=O. The van der Waals surface area contributed by atoms with Gasteiger partial charge in [0.1, 0.15) is 18.4 Å². The summed E-state index contributed by atoms with van der Waals surface area (Å²) >= 11 is 0. The summed E-state index contributed by atoms with van der Waals surface area (Å²) in [5, 5.41) is 2.66. The maximum atomic E-state index is 14.3. The monoisotopic (exact) mass is 485 g/mol. The Labute approximate surface area is 191 Å². The molecular formula is C22H26F3N3O4S. The summed E-state index contributed by atoms with van der Waals surface area (Å²) in [5.74, 6) is -4.43. The lowest BCUT2D eigenvalue weighted by atomic mass is 10.1. The molecule has 0 radical (unpaired) electrons. The van der Waals surface area contributed by atoms with Crippen molar-refractivity contribution in [1.29, 1.82) is 0 Å². The Hall–Kier alpha value is -3.08. The number of carbonyl (C=O) groups excluding carboxylic acids is 2. The van der Waals surface area contributed by atoms with E-state index in [9.17, 15) is 31.2 Å². The third-order valence-corrected chi connectivity index (χ3v) is 5.91. The third-order valence-electron chi connectivity index (χ3n) is 4.77. The molecule has 0 saturated heterocycles. The van der Waals surface area contributed by atoms with E-state index >= 15 is 0 Å². The number of hydrogen-bond donors (Lipinski definition) is 1. The molecular weight excluding hydrogens is 459 g/mol. The van der Waals surface area contributed by atoms with Gasteiger partial charge in [-0.05, 0) is 39.0 Å². The van der Waals surface area contributed by atoms with Gasteiger partial charge in [-0.2, -0.15) is 0 Å². The number of amides is 2. The van der Waals surface area contributed by atoms with Crippen LogP contribution in [-0.4, -0.2) is 50.0 Å². The third kappa shape index (κ3) is 6.95. The second kappa shape index (κ2) is 10.7. The number of hydrogen-bond acceptors (Lipinski definition) is 4. The van der Waals surface area contributed by atoms with Crippen molar-refractivity contribution in [3.63, 3.8) is 0 Å². The van der Waals surface area contributed by atoms with E-state index in [1.165, 1.54) is 25.1 Å². The van der Waals surface area contributed by atoms with Crippen LogP contribution < -0.4 is 9.62 Å². The van der Waals surface area contributed by atoms with Gasteiger partial charge in [0.05, 0.1) is 11.9 Å². The lowest BCUT2D eigenvalue weighted by Crippen LogP contribution is -2.52. The highest BCUT2D eigenvalue weighted by Gasteiger charge is 2.31. The molecule has 0 spiro atoms. The van der Waals surface area contributed by atoms with Crippen LogP contribution in [0.5, 0.6) is 0 Å². The molecule has 1 N–H and O–H groups in total. The number of benzene rings is 2. The van der Waals surface area contributed by atoms with Crippen LogP contribution in [0.3, 0.4) is 0 Å². The molecule has 0 aromatic heterocycles. The number of anilines is 1. The molecule has 0 saturated carbocycles. The van der Waals surface area contributed by atoms with Gasteiger partial charge in [0.15, 0.2) is 11.6 Å². The van der Waals surface area contributed by atoms with Crippen molar-refractivity contribution in [2.75, 3.05) is 17.1 Å². The van der Waals surface area contributed by atoms with Gasteiger partial charge in [0.2, 0.25) is 21.8 Å². The molecule has 2 rings (SSSR count). The minimum absolute atomic E-state index is 0.119. The molecule has 11 heteroatoms. The van der Waals surface area contributed by atoms with E-state index in [0.717, 1.165) is 23.3 Å². The van der Waals surface area contributed by atoms with Crippen LogP contribution in [0.15, 0.2) is 42.5 Å². The first-order valence-electron chi connectivity index (χ1n) is 10.1. The van der Waals surface area contributed by atoms with Gasteiger partial charge in [-0.1, -0.05) is 18.2 Å². The van der Waals surface area contributed by atoms with Gasteiger partial charge in [0, 0.05) is 24.2 Å². The van der Waals surface area contributed by atoms with E-state index in [2.05, 4.69) is 5.32 Å². The average molecular weight is 486 g/mol. The predicted molar refractivity (Wildman–Crippen MR) is 118 cm³/mol. The fourth-order valence-corrected chi connectivity index (χ4v) is 3.89. The van der Waals surface area contributed by atoms with Gasteiger partial charge in [-0.25, -0.2) is 21.6 Å². The minimum Gasteiger partial charge on any atom is -0.352 e. The summed E-state index contributed by atoms with van der Waals surface area (Å²) in [4.78, 5) is 26.8. The summed E-state index contributed by atoms with van der Waals surface area (Å²) in [6.07, 6.45) is 0.803. The highest BCUT2D eigenvalue weighted by Crippen LogP contribution is 2.22. The first kappa shape index (κ1) is 26.2. The molecule has 7 nitrogen and oxygen atoms in total. The normalized spacial score (nSPS) is 12.4. The average Bonchev–Trinajstić information content (AvgIpc) is 2.71. The van der Waals surface area contributed by atoms with Crippen molar-refractivity contribution in [2.24, 2.45) is 0 Å². The minimum atomic E-state index is -4.10. The molecule has 2 aromatic carbocycles. The fraction of sp³-hybridized carbons (Fsp3) is 0.364. The second-order valence-corrected chi connectivity index (χ2v) is 9.73. The van der Waals surface area contributed by atoms with Crippen molar-refractivity contribution >= 4 is 27.5 Å². The number of sulfonamides is 1. The Kier molecular flexibility index (Phi) is 8.48. The zero-order chi connectivity index (χ0) is 24.9. The Bertz CT molecular complexity index is 1130. The maximum absolute atomic E-state index is 14.3. The van der Waals surface area contributed by atoms with Crippen LogP contribution in [0.25, 0.3) is 0 Å². The molecule has 0 aliphatic rings. The van der Waals surface area contributed by atoms with Crippen molar-refractivity contribution in [3.05, 3.63) is 65.5 Å². The van der Waals surface area contributed by atoms with E-state index in [-0.39, 0.29) is 23.8 Å². The maximum Gasteiger partial charge on any atom is 0.244 e. The molecule has 0 fully saturated rings. The highest BCUT2D eigenvalue weighted by molar-refractivity contribution is 7.92. The van der Waals surface area contributed by atoms with E-state index < -0.39 is 51.9 Å². The summed E-state index contributed by atoms with van der Waals surface area (Å²) in [6, 6.07) is 6.75. The van der Waals surface area contributed by atoms with Crippen LogP contribution in [0, 0.1) is 17.5 Å². The number of nitrogens with zero attached hydrogens (tertiary/aromatic N) is 2. The van der Waals surface area contributed by atoms with Crippen LogP contribution in [0.1, 0.15) is 26.3 Å². The quantitative estimate of drug-likeness (QED) is 0.592. The molecule has 0 bridgehead atoms. The first-order valence-corrected chi connectivity index (χ1v) is 11.9. The van der Waals surface area contributed by atoms with E-state index in [1.807, 2.05) is 0 Å². The lowest BCUT2D eigenvalue weighted by molar-refractivity contribution is -0.139. The summed E-state index contributed by atoms with van der Waals surface area (Å²) in [5.41, 5.74) is -0.149. The number of carbonyl (C=O) groups is 2. The van der Waals surface area contributed by atoms with Crippen LogP contribution >= 0.6 is 0 Å². The molecule has 2 amide bonds. The largest absolute Gasteiger partial charge is 0.352 e. The Morgan fingerprint density at radius 1 is 0.970 bits per heavy atom. The summed E-state index contributed by atoms with van der Waals surface area (Å²) in [7, 11) is -4.10. The first-order chi connectivity index (χ1) is 15.3. The van der Waals surface area contributed by atoms with E-state index in [4.69, 9.17) is 0 Å². The van der Waals surface area contributed by atoms with Crippen molar-refractivity contribution in [2.45, 2.75) is 39.4 Å². The zero-order valence-corrected chi connectivity index (χ0v) is 19.5. The van der Waals surface area contributed by atoms with E-state index in [1.54, 1.807) is 19.9 Å². The smallest absolute Gasteiger partial charge is 0.244 e. The predicted octanol–water partition coefficient (Wildman–Crippen LogP) is 2.81. The van der Waals surface area contributed by atoms with Gasteiger partial charge in [0.25, 0.3) is 0 Å². The molecule has 180 valence electrons. The fourth-order valence-electron chi connectivity index (χ4n) is 3.05. The van der Waals surface area contributed by atoms with Crippen LogP contribution in [0.2, 0.25) is 0 Å². The molecule has 0 heterocycles. The summed E-state index contributed by atoms with van der Waals surface area (Å²) in [6.45, 7) is 3.76. The van der Waals surface area contributed by atoms with E-state index in [0.29, 0.717) is 10.4 Å². The van der Waals surface area contributed by atoms with Crippen LogP contribution in [0.4, 0.5) is 18.9 Å². The number of nitrogens with one attached hydrogen (secondary N) is 1.